The molecule has 0 nitrogen and oxygen atoms in total. The van der Waals surface area contributed by atoms with Gasteiger partial charge in [-0.05, 0) is 0 Å². The quantitative estimate of drug-likeness (QED) is 0.172. The van der Waals surface area contributed by atoms with Crippen LogP contribution in [-0.4, -0.2) is 8.07 Å². The first-order valence-electron chi connectivity index (χ1n) is 17.0. The number of hydrogen-bond donors (Lipinski definition) is 0. The van der Waals surface area contributed by atoms with Crippen LogP contribution in [0.1, 0.15) is 93.6 Å². The molecule has 44 heavy (non-hydrogen) atoms. The standard InChI is InChI=1S/C40H42Si.2CH3.Hf/c1-7-22-41(6,35-23-33-10-8-12-37(39(33)25-35)31-18-14-29(15-19-31)27(2)3)36-24-34-11-9-13-38(40(34)26-36)32-20-16-30(17-21-32)28(4)5;;;/h8-21,23-28H,7,22H2,1-6H3;2*1H3;. The molecule has 0 bridgehead atoms. The molecule has 0 spiro atoms. The fourth-order valence-corrected chi connectivity index (χ4v) is 41.6. The summed E-state index contributed by atoms with van der Waals surface area (Å²) in [5.74, 6) is 1.12. The second-order valence-corrected chi connectivity index (χ2v) is 36.7. The van der Waals surface area contributed by atoms with Crippen molar-refractivity contribution in [2.24, 2.45) is 0 Å². The van der Waals surface area contributed by atoms with E-state index in [1.54, 1.807) is 11.1 Å². The van der Waals surface area contributed by atoms with Gasteiger partial charge in [-0.3, -0.25) is 0 Å². The molecule has 2 heteroatoms. The van der Waals surface area contributed by atoms with E-state index in [1.165, 1.54) is 57.0 Å². The third kappa shape index (κ3) is 4.53. The third-order valence-corrected chi connectivity index (χ3v) is 33.6. The second kappa shape index (κ2) is 11.1. The van der Waals surface area contributed by atoms with Gasteiger partial charge in [0.05, 0.1) is 0 Å². The predicted molar refractivity (Wildman–Crippen MR) is 192 cm³/mol. The second-order valence-electron chi connectivity index (χ2n) is 15.1. The maximum absolute atomic E-state index is 3.04. The summed E-state index contributed by atoms with van der Waals surface area (Å²) >= 11 is -3.04. The summed E-state index contributed by atoms with van der Waals surface area (Å²) in [6, 6.07) is 34.7. The van der Waals surface area contributed by atoms with Crippen LogP contribution in [-0.2, 0) is 20.0 Å². The van der Waals surface area contributed by atoms with Crippen LogP contribution in [0.15, 0.2) is 95.3 Å². The zero-order valence-electron chi connectivity index (χ0n) is 28.0. The molecule has 0 aromatic heterocycles. The Morgan fingerprint density at radius 1 is 0.614 bits per heavy atom. The average molecular weight is 759 g/mol. The minimum atomic E-state index is -3.04. The number of fused-ring (bicyclic) bond motifs is 6. The van der Waals surface area contributed by atoms with Gasteiger partial charge >= 0.3 is 273 Å². The van der Waals surface area contributed by atoms with Gasteiger partial charge in [-0.1, -0.05) is 0 Å². The van der Waals surface area contributed by atoms with Crippen molar-refractivity contribution in [1.82, 2.24) is 0 Å². The Morgan fingerprint density at radius 2 is 1.02 bits per heavy atom. The Labute approximate surface area is 271 Å². The summed E-state index contributed by atoms with van der Waals surface area (Å²) in [7, 11) is -1.90. The van der Waals surface area contributed by atoms with Crippen LogP contribution in [0.25, 0.3) is 34.4 Å². The minimum absolute atomic E-state index is 0.558. The van der Waals surface area contributed by atoms with Gasteiger partial charge in [-0.25, -0.2) is 0 Å². The first-order valence-corrected chi connectivity index (χ1v) is 31.0. The van der Waals surface area contributed by atoms with Gasteiger partial charge in [0.2, 0.25) is 0 Å². The zero-order chi connectivity index (χ0) is 31.0. The van der Waals surface area contributed by atoms with Gasteiger partial charge < -0.3 is 0 Å². The van der Waals surface area contributed by atoms with Crippen molar-refractivity contribution in [3.63, 3.8) is 0 Å². The summed E-state index contributed by atoms with van der Waals surface area (Å²) in [6.45, 7) is 14.3. The van der Waals surface area contributed by atoms with Crippen molar-refractivity contribution in [3.8, 4) is 22.3 Å². The van der Waals surface area contributed by atoms with E-state index in [0.29, 0.717) is 19.2 Å². The van der Waals surface area contributed by atoms with Crippen molar-refractivity contribution >= 4 is 20.2 Å². The molecule has 4 aromatic rings. The molecule has 224 valence electrons. The molecule has 2 aliphatic carbocycles. The number of allylic oxidation sites excluding steroid dienone is 2. The van der Waals surface area contributed by atoms with Crippen LogP contribution >= 0.6 is 0 Å². The normalized spacial score (nSPS) is 22.8. The average Bonchev–Trinajstić information content (AvgIpc) is 3.62. The van der Waals surface area contributed by atoms with Crippen LogP contribution in [0.4, 0.5) is 0 Å². The summed E-state index contributed by atoms with van der Waals surface area (Å²) in [4.78, 5) is 0. The first kappa shape index (κ1) is 30.1. The molecule has 4 aromatic carbocycles. The van der Waals surface area contributed by atoms with E-state index < -0.39 is 28.0 Å². The van der Waals surface area contributed by atoms with Crippen LogP contribution in [0.2, 0.25) is 22.0 Å². The molecule has 0 N–H and O–H groups in total. The molecular weight excluding hydrogens is 711 g/mol. The number of benzene rings is 4. The summed E-state index contributed by atoms with van der Waals surface area (Å²) in [6.07, 6.45) is 6.73. The summed E-state index contributed by atoms with van der Waals surface area (Å²) < 4.78 is 6.94. The SMILES string of the molecule is CCC[Si]1(C)C2=Cc3c(-c4ccc(C(C)C)cc4)cccc3[CH]2[Hf]([CH3])([CH3])[CH]2C1=Cc1c(-c3ccc(C(C)C)cc3)cccc12. The number of rotatable bonds is 6. The maximum atomic E-state index is 2.79. The van der Waals surface area contributed by atoms with Gasteiger partial charge in [0.25, 0.3) is 0 Å². The van der Waals surface area contributed by atoms with Gasteiger partial charge in [-0.15, -0.1) is 0 Å². The molecular formula is C42H48HfSi. The Kier molecular flexibility index (Phi) is 7.57. The van der Waals surface area contributed by atoms with E-state index in [0.717, 1.165) is 0 Å². The van der Waals surface area contributed by atoms with Crippen molar-refractivity contribution < 1.29 is 20.0 Å². The van der Waals surface area contributed by atoms with E-state index in [-0.39, 0.29) is 0 Å². The molecule has 1 aliphatic heterocycles. The van der Waals surface area contributed by atoms with Crippen molar-refractivity contribution in [3.05, 3.63) is 129 Å². The van der Waals surface area contributed by atoms with E-state index in [4.69, 9.17) is 0 Å². The van der Waals surface area contributed by atoms with Crippen LogP contribution in [0.5, 0.6) is 0 Å². The van der Waals surface area contributed by atoms with Crippen LogP contribution in [0.3, 0.4) is 0 Å². The summed E-state index contributed by atoms with van der Waals surface area (Å²) in [5, 5.41) is 3.73. The Balaban J connectivity index is 1.39. The fraction of sp³-hybridized carbons (Fsp3) is 0.333. The summed E-state index contributed by atoms with van der Waals surface area (Å²) in [5.41, 5.74) is 14.8. The molecule has 3 aliphatic rings. The Morgan fingerprint density at radius 3 is 1.39 bits per heavy atom. The molecule has 0 radical (unpaired) electrons. The molecule has 2 unspecified atom stereocenters. The van der Waals surface area contributed by atoms with Crippen LogP contribution in [0, 0.1) is 0 Å². The van der Waals surface area contributed by atoms with E-state index in [9.17, 15) is 0 Å². The zero-order valence-corrected chi connectivity index (χ0v) is 32.6. The topological polar surface area (TPSA) is 0 Å². The molecule has 1 fully saturated rings. The van der Waals surface area contributed by atoms with Crippen molar-refractivity contribution in [2.75, 3.05) is 0 Å². The Hall–Kier alpha value is -2.55. The fourth-order valence-electron chi connectivity index (χ4n) is 9.08. The molecule has 1 saturated heterocycles. The van der Waals surface area contributed by atoms with Gasteiger partial charge in [0.15, 0.2) is 0 Å². The molecule has 2 atom stereocenters. The number of hydrogen-bond acceptors (Lipinski definition) is 0. The molecule has 0 saturated carbocycles. The van der Waals surface area contributed by atoms with Gasteiger partial charge in [0, 0.05) is 0 Å². The van der Waals surface area contributed by atoms with Crippen molar-refractivity contribution in [2.45, 2.75) is 82.2 Å². The van der Waals surface area contributed by atoms with E-state index >= 15 is 0 Å². The van der Waals surface area contributed by atoms with Crippen LogP contribution < -0.4 is 0 Å². The monoisotopic (exact) mass is 760 g/mol. The molecule has 7 rings (SSSR count). The molecule has 1 heterocycles. The Bertz CT molecular complexity index is 1670. The molecule has 0 amide bonds. The third-order valence-electron chi connectivity index (χ3n) is 11.4. The first-order chi connectivity index (χ1) is 21.1. The predicted octanol–water partition coefficient (Wildman–Crippen LogP) is 12.7. The van der Waals surface area contributed by atoms with E-state index in [2.05, 4.69) is 148 Å². The van der Waals surface area contributed by atoms with Gasteiger partial charge in [0.1, 0.15) is 0 Å². The van der Waals surface area contributed by atoms with E-state index in [1.807, 2.05) is 10.4 Å². The van der Waals surface area contributed by atoms with Gasteiger partial charge in [-0.2, -0.15) is 0 Å². The van der Waals surface area contributed by atoms with Crippen molar-refractivity contribution in [1.29, 1.82) is 0 Å².